The molecule has 2 aromatic carbocycles. The molecule has 12 nitrogen and oxygen atoms in total. The predicted octanol–water partition coefficient (Wildman–Crippen LogP) is 6.12. The molecule has 1 fully saturated rings. The molecular weight excluding hydrogens is 633 g/mol. The third kappa shape index (κ3) is 8.74. The van der Waals surface area contributed by atoms with Crippen molar-refractivity contribution >= 4 is 52.5 Å². The number of urea groups is 1. The highest BCUT2D eigenvalue weighted by molar-refractivity contribution is 6.45. The number of nitrogens with one attached hydrogen (secondary N) is 3. The van der Waals surface area contributed by atoms with Crippen LogP contribution in [0, 0.1) is 0 Å². The number of hydrogen-bond acceptors (Lipinski definition) is 8. The minimum atomic E-state index is -0.548. The molecule has 3 heterocycles. The van der Waals surface area contributed by atoms with E-state index in [4.69, 9.17) is 32.7 Å². The molecule has 0 atom stereocenters. The Morgan fingerprint density at radius 3 is 2.52 bits per heavy atom. The van der Waals surface area contributed by atoms with E-state index in [1.807, 2.05) is 23.1 Å². The van der Waals surface area contributed by atoms with Crippen molar-refractivity contribution < 1.29 is 24.2 Å². The lowest BCUT2D eigenvalue weighted by molar-refractivity contribution is -0.118. The zero-order chi connectivity index (χ0) is 32.5. The first-order chi connectivity index (χ1) is 22.3. The van der Waals surface area contributed by atoms with Crippen molar-refractivity contribution in [3.63, 3.8) is 0 Å². The Balaban J connectivity index is 1.24. The van der Waals surface area contributed by atoms with Crippen LogP contribution in [0.1, 0.15) is 31.0 Å². The molecule has 0 bridgehead atoms. The van der Waals surface area contributed by atoms with E-state index in [0.29, 0.717) is 43.7 Å². The lowest BCUT2D eigenvalue weighted by atomic mass is 10.2. The van der Waals surface area contributed by atoms with Crippen LogP contribution < -0.4 is 20.7 Å². The van der Waals surface area contributed by atoms with Crippen LogP contribution in [0.4, 0.5) is 22.1 Å². The highest BCUT2D eigenvalue weighted by atomic mass is 35.5. The van der Waals surface area contributed by atoms with Gasteiger partial charge in [-0.1, -0.05) is 48.7 Å². The summed E-state index contributed by atoms with van der Waals surface area (Å²) in [5, 5.41) is 22.6. The molecule has 4 aromatic rings. The molecule has 0 unspecified atom stereocenters. The number of morpholine rings is 1. The van der Waals surface area contributed by atoms with Gasteiger partial charge in [-0.3, -0.25) is 15.0 Å². The van der Waals surface area contributed by atoms with Crippen LogP contribution in [0.15, 0.2) is 60.8 Å². The fourth-order valence-corrected chi connectivity index (χ4v) is 5.14. The summed E-state index contributed by atoms with van der Waals surface area (Å²) in [5.74, 6) is 1.23. The first kappa shape index (κ1) is 33.2. The molecule has 0 saturated carbocycles. The number of aliphatic hydroxyl groups excluding tert-OH is 1. The van der Waals surface area contributed by atoms with Crippen LogP contribution >= 0.6 is 23.2 Å². The Bertz CT molecular complexity index is 1660. The van der Waals surface area contributed by atoms with Crippen molar-refractivity contribution in [2.75, 3.05) is 48.8 Å². The van der Waals surface area contributed by atoms with Crippen molar-refractivity contribution in [2.24, 2.45) is 0 Å². The van der Waals surface area contributed by atoms with Gasteiger partial charge in [-0.05, 0) is 48.7 Å². The number of unbranched alkanes of at least 4 members (excludes halogenated alkanes) is 1. The van der Waals surface area contributed by atoms with E-state index >= 15 is 0 Å². The summed E-state index contributed by atoms with van der Waals surface area (Å²) in [6.45, 7) is 4.86. The SMILES string of the molecule is CCCCc1cc(NC(=O)Nc2ccc(Oc3ccnc(NC(=O)CN4CCOCC4)c3)c(Cl)c2Cl)n(-c2ccc(CO)cc2)n1. The Morgan fingerprint density at radius 1 is 1.00 bits per heavy atom. The van der Waals surface area contributed by atoms with Crippen LogP contribution in [-0.4, -0.2) is 69.6 Å². The summed E-state index contributed by atoms with van der Waals surface area (Å²) >= 11 is 13.1. The molecule has 1 saturated heterocycles. The number of ether oxygens (including phenoxy) is 2. The highest BCUT2D eigenvalue weighted by Gasteiger charge is 2.18. The van der Waals surface area contributed by atoms with Crippen molar-refractivity contribution in [3.8, 4) is 17.2 Å². The summed E-state index contributed by atoms with van der Waals surface area (Å²) in [5.41, 5.74) is 2.60. The highest BCUT2D eigenvalue weighted by Crippen LogP contribution is 2.39. The van der Waals surface area contributed by atoms with Gasteiger partial charge in [-0.2, -0.15) is 5.10 Å². The normalized spacial score (nSPS) is 13.3. The smallest absolute Gasteiger partial charge is 0.324 e. The van der Waals surface area contributed by atoms with Crippen LogP contribution in [0.3, 0.4) is 0 Å². The molecule has 1 aliphatic heterocycles. The first-order valence-electron chi connectivity index (χ1n) is 14.9. The minimum Gasteiger partial charge on any atom is -0.456 e. The molecule has 0 aliphatic carbocycles. The van der Waals surface area contributed by atoms with Crippen LogP contribution in [0.25, 0.3) is 5.69 Å². The molecule has 2 aromatic heterocycles. The maximum absolute atomic E-state index is 13.1. The van der Waals surface area contributed by atoms with Gasteiger partial charge in [-0.25, -0.2) is 14.5 Å². The second kappa shape index (κ2) is 15.9. The fourth-order valence-electron chi connectivity index (χ4n) is 4.73. The standard InChI is InChI=1S/C32H35Cl2N7O5/c1-2-3-4-22-17-28(41(39-22)23-7-5-21(20-42)6-8-23)38-32(44)36-25-9-10-26(31(34)30(25)33)46-24-11-12-35-27(18-24)37-29(43)19-40-13-15-45-16-14-40/h5-12,17-18,42H,2-4,13-16,19-20H2,1H3,(H,35,37,43)(H2,36,38,44). The van der Waals surface area contributed by atoms with Crippen LogP contribution in [0.2, 0.25) is 10.0 Å². The van der Waals surface area contributed by atoms with Gasteiger partial charge in [0.1, 0.15) is 28.2 Å². The summed E-state index contributed by atoms with van der Waals surface area (Å²) in [7, 11) is 0. The first-order valence-corrected chi connectivity index (χ1v) is 15.7. The minimum absolute atomic E-state index is 0.0701. The zero-order valence-corrected chi connectivity index (χ0v) is 26.8. The zero-order valence-electron chi connectivity index (χ0n) is 25.3. The number of aryl methyl sites for hydroxylation is 1. The molecule has 3 amide bonds. The van der Waals surface area contributed by atoms with Gasteiger partial charge in [0.05, 0.1) is 48.5 Å². The third-order valence-corrected chi connectivity index (χ3v) is 8.01. The van der Waals surface area contributed by atoms with E-state index in [1.165, 1.54) is 6.20 Å². The molecule has 4 N–H and O–H groups in total. The number of pyridine rings is 1. The number of amides is 3. The van der Waals surface area contributed by atoms with E-state index in [-0.39, 0.29) is 40.5 Å². The average Bonchev–Trinajstić information content (AvgIpc) is 3.46. The molecule has 242 valence electrons. The average molecular weight is 669 g/mol. The van der Waals surface area contributed by atoms with Gasteiger partial charge in [0, 0.05) is 31.4 Å². The number of aromatic nitrogens is 3. The van der Waals surface area contributed by atoms with Gasteiger partial charge < -0.3 is 25.2 Å². The van der Waals surface area contributed by atoms with Crippen LogP contribution in [0.5, 0.6) is 11.5 Å². The van der Waals surface area contributed by atoms with E-state index in [2.05, 4.69) is 33.0 Å². The largest absolute Gasteiger partial charge is 0.456 e. The van der Waals surface area contributed by atoms with E-state index in [0.717, 1.165) is 36.2 Å². The number of hydrogen-bond donors (Lipinski definition) is 4. The molecule has 5 rings (SSSR count). The fraction of sp³-hybridized carbons (Fsp3) is 0.312. The number of halogens is 2. The Hall–Kier alpha value is -4.20. The van der Waals surface area contributed by atoms with Crippen molar-refractivity contribution in [1.82, 2.24) is 19.7 Å². The van der Waals surface area contributed by atoms with Crippen molar-refractivity contribution in [2.45, 2.75) is 32.8 Å². The maximum Gasteiger partial charge on any atom is 0.324 e. The summed E-state index contributed by atoms with van der Waals surface area (Å²) < 4.78 is 12.9. The second-order valence-corrected chi connectivity index (χ2v) is 11.4. The number of benzene rings is 2. The predicted molar refractivity (Wildman–Crippen MR) is 177 cm³/mol. The molecule has 46 heavy (non-hydrogen) atoms. The molecule has 0 spiro atoms. The summed E-state index contributed by atoms with van der Waals surface area (Å²) in [4.78, 5) is 31.8. The number of nitrogens with zero attached hydrogens (tertiary/aromatic N) is 4. The topological polar surface area (TPSA) is 143 Å². The van der Waals surface area contributed by atoms with Crippen molar-refractivity contribution in [1.29, 1.82) is 0 Å². The lowest BCUT2D eigenvalue weighted by Crippen LogP contribution is -2.41. The number of carbonyl (C=O) groups is 2. The Labute approximate surface area is 276 Å². The number of aliphatic hydroxyl groups is 1. The van der Waals surface area contributed by atoms with Crippen LogP contribution in [-0.2, 0) is 22.6 Å². The van der Waals surface area contributed by atoms with Crippen molar-refractivity contribution in [3.05, 3.63) is 82.1 Å². The van der Waals surface area contributed by atoms with Gasteiger partial charge in [0.15, 0.2) is 0 Å². The molecule has 14 heteroatoms. The van der Waals surface area contributed by atoms with Gasteiger partial charge in [0.2, 0.25) is 5.91 Å². The third-order valence-electron chi connectivity index (χ3n) is 7.14. The Kier molecular flexibility index (Phi) is 11.4. The molecule has 0 radical (unpaired) electrons. The van der Waals surface area contributed by atoms with Gasteiger partial charge in [-0.15, -0.1) is 0 Å². The van der Waals surface area contributed by atoms with Gasteiger partial charge in [0.25, 0.3) is 0 Å². The monoisotopic (exact) mass is 667 g/mol. The molecule has 1 aliphatic rings. The van der Waals surface area contributed by atoms with E-state index < -0.39 is 6.03 Å². The van der Waals surface area contributed by atoms with E-state index in [1.54, 1.807) is 41.1 Å². The number of anilines is 3. The summed E-state index contributed by atoms with van der Waals surface area (Å²) in [6, 6.07) is 14.9. The maximum atomic E-state index is 13.1. The van der Waals surface area contributed by atoms with Gasteiger partial charge >= 0.3 is 6.03 Å². The quantitative estimate of drug-likeness (QED) is 0.142. The van der Waals surface area contributed by atoms with E-state index in [9.17, 15) is 14.7 Å². The number of carbonyl (C=O) groups excluding carboxylic acids is 2. The lowest BCUT2D eigenvalue weighted by Gasteiger charge is -2.25. The number of rotatable bonds is 12. The summed E-state index contributed by atoms with van der Waals surface area (Å²) in [6.07, 6.45) is 4.24. The molecular formula is C32H35Cl2N7O5. The Morgan fingerprint density at radius 2 is 1.78 bits per heavy atom. The second-order valence-electron chi connectivity index (χ2n) is 10.6.